The zero-order valence-electron chi connectivity index (χ0n) is 14.2. The number of amides is 1. The van der Waals surface area contributed by atoms with Crippen molar-refractivity contribution in [1.82, 2.24) is 14.7 Å². The molecule has 6 heteroatoms. The molecule has 0 unspecified atom stereocenters. The minimum Gasteiger partial charge on any atom is -0.445 e. The fourth-order valence-corrected chi connectivity index (χ4v) is 3.13. The lowest BCUT2D eigenvalue weighted by Crippen LogP contribution is -2.37. The molecule has 1 amide bonds. The van der Waals surface area contributed by atoms with Gasteiger partial charge in [-0.2, -0.15) is 0 Å². The second-order valence-corrected chi connectivity index (χ2v) is 6.26. The van der Waals surface area contributed by atoms with Gasteiger partial charge in [0.25, 0.3) is 5.56 Å². The minimum absolute atomic E-state index is 0.119. The van der Waals surface area contributed by atoms with Crippen LogP contribution >= 0.6 is 0 Å². The molecule has 0 radical (unpaired) electrons. The van der Waals surface area contributed by atoms with Gasteiger partial charge in [-0.15, -0.1) is 0 Å². The van der Waals surface area contributed by atoms with Crippen molar-refractivity contribution in [2.45, 2.75) is 19.6 Å². The van der Waals surface area contributed by atoms with E-state index < -0.39 is 6.09 Å². The van der Waals surface area contributed by atoms with Crippen LogP contribution in [0, 0.1) is 0 Å². The van der Waals surface area contributed by atoms with Gasteiger partial charge in [-0.05, 0) is 17.7 Å². The van der Waals surface area contributed by atoms with Crippen molar-refractivity contribution in [3.63, 3.8) is 0 Å². The zero-order valence-corrected chi connectivity index (χ0v) is 14.2. The molecule has 0 bridgehead atoms. The molecule has 2 heterocycles. The summed E-state index contributed by atoms with van der Waals surface area (Å²) in [5.41, 5.74) is 3.10. The molecule has 4 rings (SSSR count). The van der Waals surface area contributed by atoms with E-state index in [1.165, 1.54) is 4.68 Å². The lowest BCUT2D eigenvalue weighted by atomic mass is 10.1. The van der Waals surface area contributed by atoms with E-state index in [4.69, 9.17) is 4.74 Å². The maximum atomic E-state index is 12.7. The Bertz CT molecular complexity index is 961. The van der Waals surface area contributed by atoms with Gasteiger partial charge in [0.15, 0.2) is 0 Å². The van der Waals surface area contributed by atoms with Gasteiger partial charge < -0.3 is 9.64 Å². The van der Waals surface area contributed by atoms with Crippen LogP contribution in [-0.4, -0.2) is 27.3 Å². The van der Waals surface area contributed by atoms with E-state index in [2.05, 4.69) is 5.10 Å². The van der Waals surface area contributed by atoms with Gasteiger partial charge in [0.05, 0.1) is 17.8 Å². The van der Waals surface area contributed by atoms with Crippen molar-refractivity contribution in [2.24, 2.45) is 0 Å². The summed E-state index contributed by atoms with van der Waals surface area (Å²) in [7, 11) is 0. The maximum absolute atomic E-state index is 12.7. The number of para-hydroxylation sites is 1. The number of hydrogen-bond acceptors (Lipinski definition) is 3. The van der Waals surface area contributed by atoms with Gasteiger partial charge in [0.1, 0.15) is 6.61 Å². The lowest BCUT2D eigenvalue weighted by Gasteiger charge is -2.25. The highest BCUT2D eigenvalue weighted by atomic mass is 16.6. The summed E-state index contributed by atoms with van der Waals surface area (Å²) in [6.45, 7) is 1.01. The first-order valence-electron chi connectivity index (χ1n) is 8.56. The van der Waals surface area contributed by atoms with Gasteiger partial charge in [-0.3, -0.25) is 9.89 Å². The van der Waals surface area contributed by atoms with E-state index in [0.717, 1.165) is 16.9 Å². The lowest BCUT2D eigenvalue weighted by molar-refractivity contribution is 0.0916. The predicted octanol–water partition coefficient (Wildman–Crippen LogP) is 2.86. The summed E-state index contributed by atoms with van der Waals surface area (Å²) in [5.74, 6) is 0. The Kier molecular flexibility index (Phi) is 4.31. The van der Waals surface area contributed by atoms with E-state index in [9.17, 15) is 9.59 Å². The second kappa shape index (κ2) is 6.92. The predicted molar refractivity (Wildman–Crippen MR) is 97.1 cm³/mol. The third-order valence-corrected chi connectivity index (χ3v) is 4.53. The summed E-state index contributed by atoms with van der Waals surface area (Å²) in [5, 5.41) is 3.16. The Morgan fingerprint density at radius 3 is 2.46 bits per heavy atom. The van der Waals surface area contributed by atoms with Crippen LogP contribution in [0.4, 0.5) is 4.79 Å². The average Bonchev–Trinajstić information content (AvgIpc) is 3.04. The maximum Gasteiger partial charge on any atom is 0.410 e. The fraction of sp³-hybridized carbons (Fsp3) is 0.200. The van der Waals surface area contributed by atoms with Crippen molar-refractivity contribution in [3.05, 3.63) is 87.8 Å². The standard InChI is InChI=1S/C20H19N3O3/c24-19-17-13-22(20(25)26-14-15-7-3-1-4-8-15)12-11-18(17)21-23(19)16-9-5-2-6-10-16/h1-10,21H,11-14H2. The number of nitrogens with zero attached hydrogens (tertiary/aromatic N) is 2. The Morgan fingerprint density at radius 2 is 1.73 bits per heavy atom. The highest BCUT2D eigenvalue weighted by Crippen LogP contribution is 2.17. The first-order valence-corrected chi connectivity index (χ1v) is 8.56. The number of aromatic nitrogens is 2. The third kappa shape index (κ3) is 3.13. The van der Waals surface area contributed by atoms with E-state index in [1.807, 2.05) is 60.7 Å². The quantitative estimate of drug-likeness (QED) is 0.791. The topological polar surface area (TPSA) is 67.3 Å². The van der Waals surface area contributed by atoms with Crippen LogP contribution in [0.2, 0.25) is 0 Å². The molecule has 132 valence electrons. The normalized spacial score (nSPS) is 13.3. The molecule has 0 saturated carbocycles. The molecule has 26 heavy (non-hydrogen) atoms. The van der Waals surface area contributed by atoms with Gasteiger partial charge in [0, 0.05) is 18.7 Å². The first-order chi connectivity index (χ1) is 12.7. The number of nitrogens with one attached hydrogen (secondary N) is 1. The van der Waals surface area contributed by atoms with Crippen molar-refractivity contribution in [3.8, 4) is 5.69 Å². The molecule has 0 fully saturated rings. The molecule has 1 aliphatic heterocycles. The van der Waals surface area contributed by atoms with Crippen molar-refractivity contribution >= 4 is 6.09 Å². The van der Waals surface area contributed by atoms with Crippen LogP contribution in [0.3, 0.4) is 0 Å². The van der Waals surface area contributed by atoms with Gasteiger partial charge >= 0.3 is 6.09 Å². The molecule has 0 atom stereocenters. The number of rotatable bonds is 3. The van der Waals surface area contributed by atoms with E-state index >= 15 is 0 Å². The SMILES string of the molecule is O=C(OCc1ccccc1)N1CCc2[nH]n(-c3ccccc3)c(=O)c2C1. The molecular weight excluding hydrogens is 330 g/mol. The molecule has 0 saturated heterocycles. The van der Waals surface area contributed by atoms with Crippen molar-refractivity contribution < 1.29 is 9.53 Å². The number of aromatic amines is 1. The number of H-pyrrole nitrogens is 1. The van der Waals surface area contributed by atoms with Crippen LogP contribution in [0.15, 0.2) is 65.5 Å². The van der Waals surface area contributed by atoms with E-state index in [0.29, 0.717) is 18.5 Å². The molecule has 6 nitrogen and oxygen atoms in total. The Morgan fingerprint density at radius 1 is 1.04 bits per heavy atom. The Hall–Kier alpha value is -3.28. The number of carbonyl (C=O) groups is 1. The molecule has 1 aromatic heterocycles. The van der Waals surface area contributed by atoms with Crippen LogP contribution in [-0.2, 0) is 24.3 Å². The Balaban J connectivity index is 1.48. The number of benzene rings is 2. The molecular formula is C20H19N3O3. The smallest absolute Gasteiger partial charge is 0.410 e. The fourth-order valence-electron chi connectivity index (χ4n) is 3.13. The second-order valence-electron chi connectivity index (χ2n) is 6.26. The van der Waals surface area contributed by atoms with Gasteiger partial charge in [-0.1, -0.05) is 48.5 Å². The molecule has 2 aromatic carbocycles. The van der Waals surface area contributed by atoms with Crippen LogP contribution in [0.5, 0.6) is 0 Å². The number of fused-ring (bicyclic) bond motifs is 1. The monoisotopic (exact) mass is 349 g/mol. The summed E-state index contributed by atoms with van der Waals surface area (Å²) >= 11 is 0. The summed E-state index contributed by atoms with van der Waals surface area (Å²) in [6, 6.07) is 19.0. The average molecular weight is 349 g/mol. The minimum atomic E-state index is -0.397. The highest BCUT2D eigenvalue weighted by molar-refractivity contribution is 5.68. The summed E-state index contributed by atoms with van der Waals surface area (Å²) in [4.78, 5) is 26.6. The molecule has 1 N–H and O–H groups in total. The number of carbonyl (C=O) groups excluding carboxylic acids is 1. The zero-order chi connectivity index (χ0) is 17.9. The summed E-state index contributed by atoms with van der Waals surface area (Å²) in [6.07, 6.45) is 0.205. The molecule has 0 spiro atoms. The molecule has 1 aliphatic rings. The molecule has 3 aromatic rings. The highest BCUT2D eigenvalue weighted by Gasteiger charge is 2.26. The van der Waals surface area contributed by atoms with Crippen LogP contribution < -0.4 is 5.56 Å². The van der Waals surface area contributed by atoms with E-state index in [1.54, 1.807) is 4.90 Å². The van der Waals surface area contributed by atoms with Crippen molar-refractivity contribution in [2.75, 3.05) is 6.54 Å². The largest absolute Gasteiger partial charge is 0.445 e. The van der Waals surface area contributed by atoms with Gasteiger partial charge in [0.2, 0.25) is 0 Å². The van der Waals surface area contributed by atoms with Crippen LogP contribution in [0.1, 0.15) is 16.8 Å². The van der Waals surface area contributed by atoms with Crippen LogP contribution in [0.25, 0.3) is 5.69 Å². The van der Waals surface area contributed by atoms with E-state index in [-0.39, 0.29) is 18.7 Å². The third-order valence-electron chi connectivity index (χ3n) is 4.53. The van der Waals surface area contributed by atoms with Gasteiger partial charge in [-0.25, -0.2) is 9.48 Å². The number of hydrogen-bond donors (Lipinski definition) is 1. The molecule has 0 aliphatic carbocycles. The van der Waals surface area contributed by atoms with Crippen molar-refractivity contribution in [1.29, 1.82) is 0 Å². The first kappa shape index (κ1) is 16.2. The summed E-state index contributed by atoms with van der Waals surface area (Å²) < 4.78 is 6.91. The number of ether oxygens (including phenoxy) is 1. The Labute approximate surface area is 150 Å².